The minimum atomic E-state index is -1.21. The maximum Gasteiger partial charge on any atom is 0.334 e. The van der Waals surface area contributed by atoms with Crippen molar-refractivity contribution in [2.45, 2.75) is 26.0 Å². The maximum atomic E-state index is 12.0. The van der Waals surface area contributed by atoms with Crippen LogP contribution >= 0.6 is 0 Å². The summed E-state index contributed by atoms with van der Waals surface area (Å²) in [5.74, 6) is -1.80. The molecule has 0 saturated carbocycles. The number of aliphatic carboxylic acids is 1. The van der Waals surface area contributed by atoms with E-state index >= 15 is 0 Å². The fraction of sp³-hybridized carbons (Fsp3) is 0.500. The molecule has 21 heavy (non-hydrogen) atoms. The summed E-state index contributed by atoms with van der Waals surface area (Å²) in [5.41, 5.74) is -0.104. The summed E-state index contributed by atoms with van der Waals surface area (Å²) < 4.78 is 6.14. The van der Waals surface area contributed by atoms with Gasteiger partial charge in [-0.2, -0.15) is 0 Å². The van der Waals surface area contributed by atoms with Gasteiger partial charge in [-0.1, -0.05) is 0 Å². The molecule has 1 heterocycles. The molecule has 1 unspecified atom stereocenters. The standard InChI is InChI=1S/C12H17N3O6/c1-7(2)14-6-8(15(19)20)4-9(14)11(16)13-5-10(21-3)12(17)18/h4,6-7,10H,5H2,1-3H3,(H,13,16)(H,17,18). The number of carboxylic acid groups (broad SMARTS) is 1. The molecule has 2 N–H and O–H groups in total. The molecule has 1 atom stereocenters. The molecular weight excluding hydrogens is 282 g/mol. The van der Waals surface area contributed by atoms with E-state index in [0.29, 0.717) is 0 Å². The summed E-state index contributed by atoms with van der Waals surface area (Å²) in [6.07, 6.45) is 0.0938. The Morgan fingerprint density at radius 2 is 2.14 bits per heavy atom. The van der Waals surface area contributed by atoms with Gasteiger partial charge in [0.2, 0.25) is 0 Å². The fourth-order valence-electron chi connectivity index (χ4n) is 1.72. The average Bonchev–Trinajstić information content (AvgIpc) is 2.84. The van der Waals surface area contributed by atoms with Crippen molar-refractivity contribution in [1.29, 1.82) is 0 Å². The van der Waals surface area contributed by atoms with Crippen molar-refractivity contribution in [1.82, 2.24) is 9.88 Å². The Morgan fingerprint density at radius 3 is 2.57 bits per heavy atom. The van der Waals surface area contributed by atoms with E-state index in [9.17, 15) is 19.7 Å². The zero-order valence-corrected chi connectivity index (χ0v) is 11.9. The number of nitrogens with one attached hydrogen (secondary N) is 1. The first-order chi connectivity index (χ1) is 9.77. The van der Waals surface area contributed by atoms with Crippen LogP contribution in [0, 0.1) is 10.1 Å². The van der Waals surface area contributed by atoms with Crippen LogP contribution in [0.5, 0.6) is 0 Å². The highest BCUT2D eigenvalue weighted by molar-refractivity contribution is 5.94. The quantitative estimate of drug-likeness (QED) is 0.567. The normalized spacial score (nSPS) is 12.2. The Morgan fingerprint density at radius 1 is 1.52 bits per heavy atom. The van der Waals surface area contributed by atoms with Crippen LogP contribution in [0.4, 0.5) is 5.69 Å². The van der Waals surface area contributed by atoms with Crippen LogP contribution in [-0.4, -0.2) is 46.2 Å². The van der Waals surface area contributed by atoms with Crippen molar-refractivity contribution < 1.29 is 24.4 Å². The Labute approximate surface area is 120 Å². The minimum absolute atomic E-state index is 0.0944. The van der Waals surface area contributed by atoms with Crippen molar-refractivity contribution in [3.63, 3.8) is 0 Å². The van der Waals surface area contributed by atoms with Gasteiger partial charge in [0, 0.05) is 19.2 Å². The van der Waals surface area contributed by atoms with E-state index in [-0.39, 0.29) is 24.0 Å². The summed E-state index contributed by atoms with van der Waals surface area (Å²) in [5, 5.41) is 22.0. The number of ether oxygens (including phenoxy) is 1. The molecule has 1 aromatic rings. The fourth-order valence-corrected chi connectivity index (χ4v) is 1.72. The molecule has 0 fully saturated rings. The zero-order chi connectivity index (χ0) is 16.2. The Hall–Kier alpha value is -2.42. The monoisotopic (exact) mass is 299 g/mol. The van der Waals surface area contributed by atoms with Crippen molar-refractivity contribution >= 4 is 17.6 Å². The van der Waals surface area contributed by atoms with Gasteiger partial charge in [-0.15, -0.1) is 0 Å². The number of amides is 1. The number of rotatable bonds is 7. The van der Waals surface area contributed by atoms with E-state index in [2.05, 4.69) is 10.1 Å². The van der Waals surface area contributed by atoms with Crippen LogP contribution < -0.4 is 5.32 Å². The van der Waals surface area contributed by atoms with Crippen LogP contribution in [-0.2, 0) is 9.53 Å². The molecule has 0 aliphatic heterocycles. The molecule has 9 heteroatoms. The average molecular weight is 299 g/mol. The lowest BCUT2D eigenvalue weighted by molar-refractivity contribution is -0.384. The second-order valence-corrected chi connectivity index (χ2v) is 4.61. The minimum Gasteiger partial charge on any atom is -0.479 e. The number of carboxylic acids is 1. The van der Waals surface area contributed by atoms with Gasteiger partial charge in [0.1, 0.15) is 5.69 Å². The van der Waals surface area contributed by atoms with Crippen molar-refractivity contribution in [2.24, 2.45) is 0 Å². The van der Waals surface area contributed by atoms with E-state index < -0.39 is 22.9 Å². The molecule has 116 valence electrons. The number of aromatic nitrogens is 1. The summed E-state index contributed by atoms with van der Waals surface area (Å²) in [4.78, 5) is 33.0. The van der Waals surface area contributed by atoms with E-state index in [0.717, 1.165) is 6.07 Å². The topological polar surface area (TPSA) is 124 Å². The summed E-state index contributed by atoms with van der Waals surface area (Å²) in [6.45, 7) is 3.31. The van der Waals surface area contributed by atoms with Gasteiger partial charge in [0.05, 0.1) is 17.7 Å². The van der Waals surface area contributed by atoms with Crippen LogP contribution in [0.1, 0.15) is 30.4 Å². The molecule has 0 aliphatic carbocycles. The zero-order valence-electron chi connectivity index (χ0n) is 11.9. The van der Waals surface area contributed by atoms with Crippen molar-refractivity contribution in [2.75, 3.05) is 13.7 Å². The Balaban J connectivity index is 2.91. The molecule has 0 aromatic carbocycles. The van der Waals surface area contributed by atoms with Crippen LogP contribution in [0.25, 0.3) is 0 Å². The Bertz CT molecular complexity index is 551. The predicted octanol–water partition coefficient (Wildman–Crippen LogP) is 0.807. The molecular formula is C12H17N3O6. The lowest BCUT2D eigenvalue weighted by Gasteiger charge is -2.14. The molecule has 0 saturated heterocycles. The van der Waals surface area contributed by atoms with Crippen LogP contribution in [0.3, 0.4) is 0 Å². The highest BCUT2D eigenvalue weighted by Crippen LogP contribution is 2.20. The third-order valence-corrected chi connectivity index (χ3v) is 2.84. The first kappa shape index (κ1) is 16.6. The van der Waals surface area contributed by atoms with E-state index in [1.54, 1.807) is 13.8 Å². The molecule has 1 amide bonds. The predicted molar refractivity (Wildman–Crippen MR) is 72.2 cm³/mol. The van der Waals surface area contributed by atoms with Crippen LogP contribution in [0.15, 0.2) is 12.3 Å². The number of hydrogen-bond donors (Lipinski definition) is 2. The number of methoxy groups -OCH3 is 1. The lowest BCUT2D eigenvalue weighted by Crippen LogP contribution is -2.38. The third-order valence-electron chi connectivity index (χ3n) is 2.84. The molecule has 1 rings (SSSR count). The van der Waals surface area contributed by atoms with Gasteiger partial charge in [0.15, 0.2) is 6.10 Å². The highest BCUT2D eigenvalue weighted by Gasteiger charge is 2.23. The number of carbonyl (C=O) groups excluding carboxylic acids is 1. The van der Waals surface area contributed by atoms with Crippen LogP contribution in [0.2, 0.25) is 0 Å². The summed E-state index contributed by atoms with van der Waals surface area (Å²) >= 11 is 0. The second kappa shape index (κ2) is 6.84. The van der Waals surface area contributed by atoms with Gasteiger partial charge in [-0.3, -0.25) is 14.9 Å². The van der Waals surface area contributed by atoms with Crippen molar-refractivity contribution in [3.8, 4) is 0 Å². The molecule has 9 nitrogen and oxygen atoms in total. The molecule has 0 spiro atoms. The second-order valence-electron chi connectivity index (χ2n) is 4.61. The lowest BCUT2D eigenvalue weighted by atomic mass is 10.3. The molecule has 0 radical (unpaired) electrons. The van der Waals surface area contributed by atoms with Gasteiger partial charge >= 0.3 is 5.97 Å². The first-order valence-electron chi connectivity index (χ1n) is 6.18. The first-order valence-corrected chi connectivity index (χ1v) is 6.18. The number of carbonyl (C=O) groups is 2. The number of nitrogens with zero attached hydrogens (tertiary/aromatic N) is 2. The SMILES string of the molecule is COC(CNC(=O)c1cc([N+](=O)[O-])cn1C(C)C)C(=O)O. The van der Waals surface area contributed by atoms with Gasteiger partial charge < -0.3 is 19.7 Å². The number of hydrogen-bond acceptors (Lipinski definition) is 5. The van der Waals surface area contributed by atoms with Gasteiger partial charge in [-0.25, -0.2) is 4.79 Å². The smallest absolute Gasteiger partial charge is 0.334 e. The highest BCUT2D eigenvalue weighted by atomic mass is 16.6. The van der Waals surface area contributed by atoms with Gasteiger partial charge in [0.25, 0.3) is 11.6 Å². The molecule has 0 bridgehead atoms. The molecule has 1 aromatic heterocycles. The third kappa shape index (κ3) is 4.02. The molecule has 0 aliphatic rings. The van der Waals surface area contributed by atoms with Crippen molar-refractivity contribution in [3.05, 3.63) is 28.1 Å². The van der Waals surface area contributed by atoms with Gasteiger partial charge in [-0.05, 0) is 13.8 Å². The Kier molecular flexibility index (Phi) is 5.42. The van der Waals surface area contributed by atoms with E-state index in [4.69, 9.17) is 5.11 Å². The largest absolute Gasteiger partial charge is 0.479 e. The summed E-state index contributed by atoms with van der Waals surface area (Å²) in [7, 11) is 1.21. The summed E-state index contributed by atoms with van der Waals surface area (Å²) in [6, 6.07) is 0.995. The maximum absolute atomic E-state index is 12.0. The van der Waals surface area contributed by atoms with E-state index in [1.807, 2.05) is 0 Å². The number of nitro groups is 1. The van der Waals surface area contributed by atoms with E-state index in [1.165, 1.54) is 17.9 Å².